The first-order chi connectivity index (χ1) is 9.34. The van der Waals surface area contributed by atoms with Crippen molar-refractivity contribution >= 4 is 15.9 Å². The molecule has 0 N–H and O–H groups in total. The van der Waals surface area contributed by atoms with Gasteiger partial charge in [0.15, 0.2) is 0 Å². The van der Waals surface area contributed by atoms with Gasteiger partial charge in [-0.1, -0.05) is 6.07 Å². The van der Waals surface area contributed by atoms with Gasteiger partial charge in [0.05, 0.1) is 4.90 Å². The number of hydrogen-bond donors (Lipinski definition) is 0. The molecule has 6 heteroatoms. The summed E-state index contributed by atoms with van der Waals surface area (Å²) in [6.45, 7) is 5.13. The number of nitrogens with zero attached hydrogens (tertiary/aromatic N) is 2. The van der Waals surface area contributed by atoms with Gasteiger partial charge in [-0.3, -0.25) is 4.79 Å². The lowest BCUT2D eigenvalue weighted by Crippen LogP contribution is -2.42. The van der Waals surface area contributed by atoms with Crippen LogP contribution in [0.1, 0.15) is 30.6 Å². The van der Waals surface area contributed by atoms with Gasteiger partial charge in [-0.05, 0) is 38.5 Å². The molecule has 1 saturated heterocycles. The Balaban J connectivity index is 2.32. The molecule has 1 amide bonds. The Labute approximate surface area is 120 Å². The van der Waals surface area contributed by atoms with Crippen LogP contribution in [0.5, 0.6) is 0 Å². The van der Waals surface area contributed by atoms with Crippen LogP contribution < -0.4 is 0 Å². The van der Waals surface area contributed by atoms with Gasteiger partial charge in [0, 0.05) is 31.7 Å². The van der Waals surface area contributed by atoms with Crippen LogP contribution in [0.3, 0.4) is 0 Å². The minimum Gasteiger partial charge on any atom is -0.339 e. The van der Waals surface area contributed by atoms with Gasteiger partial charge in [0.25, 0.3) is 5.91 Å². The van der Waals surface area contributed by atoms with Crippen molar-refractivity contribution in [1.82, 2.24) is 9.21 Å². The minimum absolute atomic E-state index is 0.0968. The highest BCUT2D eigenvalue weighted by Gasteiger charge is 2.26. The highest BCUT2D eigenvalue weighted by atomic mass is 32.2. The van der Waals surface area contributed by atoms with E-state index in [-0.39, 0.29) is 16.8 Å². The lowest BCUT2D eigenvalue weighted by molar-refractivity contribution is 0.0651. The summed E-state index contributed by atoms with van der Waals surface area (Å²) in [6.07, 6.45) is 1.01. The van der Waals surface area contributed by atoms with Crippen LogP contribution in [0, 0.1) is 0 Å². The van der Waals surface area contributed by atoms with E-state index < -0.39 is 10.0 Å². The number of amides is 1. The van der Waals surface area contributed by atoms with E-state index in [1.807, 2.05) is 13.8 Å². The van der Waals surface area contributed by atoms with Crippen molar-refractivity contribution in [2.45, 2.75) is 31.2 Å². The van der Waals surface area contributed by atoms with Gasteiger partial charge < -0.3 is 4.90 Å². The fourth-order valence-electron chi connectivity index (χ4n) is 1.94. The van der Waals surface area contributed by atoms with Crippen molar-refractivity contribution in [3.05, 3.63) is 29.8 Å². The van der Waals surface area contributed by atoms with E-state index in [0.29, 0.717) is 5.56 Å². The van der Waals surface area contributed by atoms with Crippen LogP contribution in [-0.2, 0) is 10.0 Å². The third kappa shape index (κ3) is 2.71. The Hall–Kier alpha value is -1.40. The summed E-state index contributed by atoms with van der Waals surface area (Å²) in [5.74, 6) is -0.0968. The lowest BCUT2D eigenvalue weighted by atomic mass is 10.1. The first-order valence-corrected chi connectivity index (χ1v) is 8.15. The van der Waals surface area contributed by atoms with Crippen LogP contribution in [0.15, 0.2) is 29.2 Å². The maximum Gasteiger partial charge on any atom is 0.253 e. The minimum atomic E-state index is -3.55. The van der Waals surface area contributed by atoms with Crippen LogP contribution >= 0.6 is 0 Å². The molecule has 110 valence electrons. The molecule has 1 heterocycles. The molecule has 1 aromatic rings. The summed E-state index contributed by atoms with van der Waals surface area (Å²) >= 11 is 0. The summed E-state index contributed by atoms with van der Waals surface area (Å²) < 4.78 is 26.1. The predicted molar refractivity (Wildman–Crippen MR) is 77.0 cm³/mol. The van der Waals surface area contributed by atoms with E-state index in [1.54, 1.807) is 24.1 Å². The number of sulfonamides is 1. The second kappa shape index (κ2) is 5.54. The Morgan fingerprint density at radius 3 is 2.45 bits per heavy atom. The van der Waals surface area contributed by atoms with Gasteiger partial charge in [-0.2, -0.15) is 4.31 Å². The monoisotopic (exact) mass is 296 g/mol. The maximum absolute atomic E-state index is 12.4. The molecular formula is C14H20N2O3S. The first kappa shape index (κ1) is 15.0. The first-order valence-electron chi connectivity index (χ1n) is 6.71. The molecule has 1 aromatic carbocycles. The maximum atomic E-state index is 12.4. The number of carbonyl (C=O) groups is 1. The summed E-state index contributed by atoms with van der Waals surface area (Å²) in [7, 11) is -2.00. The number of likely N-dealkylation sites (tertiary alicyclic amines) is 1. The van der Waals surface area contributed by atoms with Crippen molar-refractivity contribution in [1.29, 1.82) is 0 Å². The smallest absolute Gasteiger partial charge is 0.253 e. The van der Waals surface area contributed by atoms with Gasteiger partial charge >= 0.3 is 0 Å². The number of carbonyl (C=O) groups excluding carboxylic acids is 1. The van der Waals surface area contributed by atoms with Crippen LogP contribution in [0.25, 0.3) is 0 Å². The number of hydrogen-bond acceptors (Lipinski definition) is 3. The molecule has 2 rings (SSSR count). The van der Waals surface area contributed by atoms with Gasteiger partial charge in [-0.25, -0.2) is 8.42 Å². The number of rotatable bonds is 4. The molecule has 20 heavy (non-hydrogen) atoms. The molecule has 1 fully saturated rings. The predicted octanol–water partition coefficient (Wildman–Crippen LogP) is 1.56. The molecule has 0 bridgehead atoms. The standard InChI is InChI=1S/C14H20N2O3S/c1-11(2)15(3)20(18,19)13-7-4-6-12(10-13)14(17)16-8-5-9-16/h4,6-7,10-11H,5,8-9H2,1-3H3. The highest BCUT2D eigenvalue weighted by molar-refractivity contribution is 7.89. The quantitative estimate of drug-likeness (QED) is 0.847. The lowest BCUT2D eigenvalue weighted by Gasteiger charge is -2.31. The fraction of sp³-hybridized carbons (Fsp3) is 0.500. The topological polar surface area (TPSA) is 57.7 Å². The van der Waals surface area contributed by atoms with Crippen LogP contribution in [-0.4, -0.2) is 49.7 Å². The molecule has 5 nitrogen and oxygen atoms in total. The summed E-state index contributed by atoms with van der Waals surface area (Å²) in [4.78, 5) is 14.0. The second-order valence-electron chi connectivity index (χ2n) is 5.29. The van der Waals surface area contributed by atoms with Crippen molar-refractivity contribution in [2.75, 3.05) is 20.1 Å². The van der Waals surface area contributed by atoms with E-state index in [0.717, 1.165) is 19.5 Å². The molecule has 0 spiro atoms. The molecule has 0 saturated carbocycles. The van der Waals surface area contributed by atoms with Gasteiger partial charge in [0.2, 0.25) is 10.0 Å². The largest absolute Gasteiger partial charge is 0.339 e. The molecule has 0 aromatic heterocycles. The van der Waals surface area contributed by atoms with E-state index in [9.17, 15) is 13.2 Å². The van der Waals surface area contributed by atoms with Crippen molar-refractivity contribution in [3.63, 3.8) is 0 Å². The number of benzene rings is 1. The Morgan fingerprint density at radius 2 is 1.95 bits per heavy atom. The van der Waals surface area contributed by atoms with E-state index in [2.05, 4.69) is 0 Å². The molecule has 0 radical (unpaired) electrons. The van der Waals surface area contributed by atoms with E-state index in [1.165, 1.54) is 16.4 Å². The molecule has 0 atom stereocenters. The third-order valence-electron chi connectivity index (χ3n) is 3.63. The fourth-order valence-corrected chi connectivity index (χ4v) is 3.35. The van der Waals surface area contributed by atoms with Gasteiger partial charge in [0.1, 0.15) is 0 Å². The zero-order valence-corrected chi connectivity index (χ0v) is 12.9. The summed E-state index contributed by atoms with van der Waals surface area (Å²) in [5, 5.41) is 0. The van der Waals surface area contributed by atoms with Crippen molar-refractivity contribution in [3.8, 4) is 0 Å². The van der Waals surface area contributed by atoms with Gasteiger partial charge in [-0.15, -0.1) is 0 Å². The highest BCUT2D eigenvalue weighted by Crippen LogP contribution is 2.20. The molecular weight excluding hydrogens is 276 g/mol. The van der Waals surface area contributed by atoms with Crippen LogP contribution in [0.2, 0.25) is 0 Å². The molecule has 0 unspecified atom stereocenters. The molecule has 1 aliphatic rings. The van der Waals surface area contributed by atoms with Crippen molar-refractivity contribution < 1.29 is 13.2 Å². The SMILES string of the molecule is CC(C)N(C)S(=O)(=O)c1cccc(C(=O)N2CCC2)c1. The summed E-state index contributed by atoms with van der Waals surface area (Å²) in [5.41, 5.74) is 0.433. The molecule has 0 aliphatic carbocycles. The average molecular weight is 296 g/mol. The Morgan fingerprint density at radius 1 is 1.30 bits per heavy atom. The van der Waals surface area contributed by atoms with E-state index in [4.69, 9.17) is 0 Å². The molecule has 1 aliphatic heterocycles. The zero-order chi connectivity index (χ0) is 14.9. The Bertz CT molecular complexity index is 607. The average Bonchev–Trinajstić information content (AvgIpc) is 2.35. The zero-order valence-electron chi connectivity index (χ0n) is 12.0. The second-order valence-corrected chi connectivity index (χ2v) is 7.29. The third-order valence-corrected chi connectivity index (χ3v) is 5.66. The van der Waals surface area contributed by atoms with Crippen molar-refractivity contribution in [2.24, 2.45) is 0 Å². The van der Waals surface area contributed by atoms with E-state index >= 15 is 0 Å². The van der Waals surface area contributed by atoms with Crippen LogP contribution in [0.4, 0.5) is 0 Å². The Kier molecular flexibility index (Phi) is 4.15. The summed E-state index contributed by atoms with van der Waals surface area (Å²) in [6, 6.07) is 6.15. The normalized spacial score (nSPS) is 15.6.